The number of nitrogens with one attached hydrogen (secondary N) is 1. The summed E-state index contributed by atoms with van der Waals surface area (Å²) in [6.45, 7) is 6.21. The number of benzene rings is 2. The van der Waals surface area contributed by atoms with Crippen molar-refractivity contribution in [3.63, 3.8) is 0 Å². The van der Waals surface area contributed by atoms with Crippen molar-refractivity contribution in [1.29, 1.82) is 0 Å². The van der Waals surface area contributed by atoms with Gasteiger partial charge in [0.05, 0.1) is 26.3 Å². The molecular weight excluding hydrogens is 800 g/mol. The number of ether oxygens (including phenoxy) is 9. The molecule has 0 radical (unpaired) electrons. The van der Waals surface area contributed by atoms with Crippen LogP contribution in [-0.4, -0.2) is 97.6 Å². The predicted octanol–water partition coefficient (Wildman–Crippen LogP) is 5.11. The van der Waals surface area contributed by atoms with Gasteiger partial charge in [-0.15, -0.1) is 0 Å². The summed E-state index contributed by atoms with van der Waals surface area (Å²) in [6, 6.07) is 7.70. The van der Waals surface area contributed by atoms with Gasteiger partial charge >= 0.3 is 23.9 Å². The Labute approximate surface area is 352 Å². The van der Waals surface area contributed by atoms with E-state index in [0.717, 1.165) is 59.8 Å². The number of amides is 1. The zero-order valence-electron chi connectivity index (χ0n) is 35.6. The van der Waals surface area contributed by atoms with Crippen LogP contribution < -0.4 is 29.8 Å². The molecule has 0 spiro atoms. The van der Waals surface area contributed by atoms with Crippen molar-refractivity contribution in [2.75, 3.05) is 32.8 Å². The Hall–Kier alpha value is -6.30. The van der Waals surface area contributed by atoms with Gasteiger partial charge in [-0.25, -0.2) is 0 Å². The molecule has 0 unspecified atom stereocenters. The molecule has 332 valence electrons. The lowest BCUT2D eigenvalue weighted by Gasteiger charge is -2.44. The van der Waals surface area contributed by atoms with E-state index in [4.69, 9.17) is 42.6 Å². The fourth-order valence-electron chi connectivity index (χ4n) is 6.63. The number of aromatic nitrogens is 1. The fraction of sp³-hybridized carbons (Fsp3) is 0.488. The van der Waals surface area contributed by atoms with Gasteiger partial charge in [-0.2, -0.15) is 0 Å². The number of phenols is 1. The van der Waals surface area contributed by atoms with Crippen LogP contribution in [0.5, 0.6) is 28.7 Å². The largest absolute Gasteiger partial charge is 0.502 e. The van der Waals surface area contributed by atoms with Gasteiger partial charge in [0.1, 0.15) is 12.7 Å². The molecule has 61 heavy (non-hydrogen) atoms. The van der Waals surface area contributed by atoms with E-state index in [9.17, 15) is 33.9 Å². The van der Waals surface area contributed by atoms with E-state index in [0.29, 0.717) is 17.4 Å². The summed E-state index contributed by atoms with van der Waals surface area (Å²) in [5.41, 5.74) is 0.433. The van der Waals surface area contributed by atoms with Crippen molar-refractivity contribution in [3.8, 4) is 28.7 Å². The highest BCUT2D eigenvalue weighted by atomic mass is 16.7. The first-order valence-corrected chi connectivity index (χ1v) is 19.8. The molecule has 0 saturated carbocycles. The number of anilines is 1. The van der Waals surface area contributed by atoms with Crippen molar-refractivity contribution >= 4 is 52.5 Å². The summed E-state index contributed by atoms with van der Waals surface area (Å²) in [6.07, 6.45) is 0.855. The number of carbonyl (C=O) groups excluding carboxylic acids is 5. The van der Waals surface area contributed by atoms with Gasteiger partial charge in [0.25, 0.3) is 5.56 Å². The fourth-order valence-corrected chi connectivity index (χ4v) is 6.63. The Morgan fingerprint density at radius 3 is 2.02 bits per heavy atom. The minimum atomic E-state index is -1.67. The second kappa shape index (κ2) is 22.3. The van der Waals surface area contributed by atoms with E-state index < -0.39 is 72.7 Å². The molecule has 2 aromatic carbocycles. The van der Waals surface area contributed by atoms with Crippen LogP contribution in [0.15, 0.2) is 41.2 Å². The normalized spacial score (nSPS) is 18.5. The van der Waals surface area contributed by atoms with Crippen molar-refractivity contribution in [2.24, 2.45) is 7.05 Å². The maximum absolute atomic E-state index is 14.2. The summed E-state index contributed by atoms with van der Waals surface area (Å²) in [7, 11) is 4.27. The van der Waals surface area contributed by atoms with Crippen LogP contribution in [-0.2, 0) is 54.7 Å². The van der Waals surface area contributed by atoms with Crippen LogP contribution in [0.4, 0.5) is 5.69 Å². The van der Waals surface area contributed by atoms with Crippen LogP contribution in [0.1, 0.15) is 78.7 Å². The number of methoxy groups -OCH3 is 2. The SMILES string of the molecule is CCCCCCCCOc1c(O[C@H]2O[C@H](COC(C)=O)[C@@H](OC(C)=O)[C@H](OC(C)=O)[C@@H]2OC(C)=O)c2ccc(NC(=O)/C=C/c3cc(OC)c(O)c(OC)c3)cc2n(C)c1=O. The Morgan fingerprint density at radius 2 is 1.41 bits per heavy atom. The minimum Gasteiger partial charge on any atom is -0.502 e. The molecule has 1 aliphatic rings. The van der Waals surface area contributed by atoms with Crippen LogP contribution in [0.3, 0.4) is 0 Å². The lowest BCUT2D eigenvalue weighted by atomic mass is 9.98. The number of rotatable bonds is 20. The van der Waals surface area contributed by atoms with Gasteiger partial charge in [-0.3, -0.25) is 28.8 Å². The Morgan fingerprint density at radius 1 is 0.803 bits per heavy atom. The summed E-state index contributed by atoms with van der Waals surface area (Å²) >= 11 is 0. The monoisotopic (exact) mass is 854 g/mol. The number of pyridine rings is 1. The number of carbonyl (C=O) groups is 5. The van der Waals surface area contributed by atoms with E-state index in [-0.39, 0.29) is 46.6 Å². The Bertz CT molecular complexity index is 2120. The molecule has 1 fully saturated rings. The molecule has 18 heteroatoms. The van der Waals surface area contributed by atoms with Gasteiger partial charge in [0, 0.05) is 51.9 Å². The van der Waals surface area contributed by atoms with Gasteiger partial charge in [0.15, 0.2) is 29.5 Å². The molecule has 0 aliphatic carbocycles. The lowest BCUT2D eigenvalue weighted by molar-refractivity contribution is -0.288. The van der Waals surface area contributed by atoms with E-state index in [1.165, 1.54) is 56.2 Å². The summed E-state index contributed by atoms with van der Waals surface area (Å²) in [5, 5.41) is 13.3. The Kier molecular flexibility index (Phi) is 17.4. The molecule has 1 amide bonds. The average molecular weight is 855 g/mol. The molecule has 18 nitrogen and oxygen atoms in total. The third-order valence-electron chi connectivity index (χ3n) is 9.43. The number of aromatic hydroxyl groups is 1. The summed E-state index contributed by atoms with van der Waals surface area (Å²) < 4.78 is 52.4. The van der Waals surface area contributed by atoms with Gasteiger partial charge in [-0.1, -0.05) is 39.0 Å². The highest BCUT2D eigenvalue weighted by Gasteiger charge is 2.53. The minimum absolute atomic E-state index is 0.140. The zero-order chi connectivity index (χ0) is 44.8. The van der Waals surface area contributed by atoms with E-state index in [2.05, 4.69) is 12.2 Å². The molecule has 1 aliphatic heterocycles. The van der Waals surface area contributed by atoms with E-state index >= 15 is 0 Å². The number of fused-ring (bicyclic) bond motifs is 1. The second-order valence-corrected chi connectivity index (χ2v) is 14.2. The molecule has 0 bridgehead atoms. The number of hydrogen-bond donors (Lipinski definition) is 2. The number of hydrogen-bond acceptors (Lipinski definition) is 16. The highest BCUT2D eigenvalue weighted by molar-refractivity contribution is 6.03. The van der Waals surface area contributed by atoms with Crippen molar-refractivity contribution in [3.05, 3.63) is 52.3 Å². The predicted molar refractivity (Wildman–Crippen MR) is 220 cm³/mol. The molecule has 2 N–H and O–H groups in total. The van der Waals surface area contributed by atoms with Crippen LogP contribution in [0.25, 0.3) is 17.0 Å². The molecule has 1 saturated heterocycles. The first kappa shape index (κ1) is 47.4. The zero-order valence-corrected chi connectivity index (χ0v) is 35.6. The third kappa shape index (κ3) is 12.8. The van der Waals surface area contributed by atoms with Gasteiger partial charge in [0.2, 0.25) is 29.8 Å². The molecule has 2 heterocycles. The first-order valence-electron chi connectivity index (χ1n) is 19.8. The molecule has 3 aromatic rings. The van der Waals surface area contributed by atoms with Crippen LogP contribution >= 0.6 is 0 Å². The van der Waals surface area contributed by atoms with Crippen molar-refractivity contribution in [1.82, 2.24) is 4.57 Å². The van der Waals surface area contributed by atoms with E-state index in [1.807, 2.05) is 0 Å². The number of esters is 4. The molecule has 5 atom stereocenters. The first-order chi connectivity index (χ1) is 29.1. The number of phenolic OH excluding ortho intramolecular Hbond substituents is 1. The summed E-state index contributed by atoms with van der Waals surface area (Å²) in [5.74, 6) is -3.97. The summed E-state index contributed by atoms with van der Waals surface area (Å²) in [4.78, 5) is 76.5. The average Bonchev–Trinajstić information content (AvgIpc) is 3.20. The molecule has 4 rings (SSSR count). The Balaban J connectivity index is 1.79. The number of unbranched alkanes of at least 4 members (excludes halogenated alkanes) is 5. The number of nitrogens with zero attached hydrogens (tertiary/aromatic N) is 1. The smallest absolute Gasteiger partial charge is 0.303 e. The highest BCUT2D eigenvalue weighted by Crippen LogP contribution is 2.39. The number of aryl methyl sites for hydroxylation is 1. The maximum atomic E-state index is 14.2. The lowest BCUT2D eigenvalue weighted by Crippen LogP contribution is -2.63. The quantitative estimate of drug-likeness (QED) is 0.0652. The van der Waals surface area contributed by atoms with Crippen LogP contribution in [0, 0.1) is 0 Å². The van der Waals surface area contributed by atoms with Crippen molar-refractivity contribution < 1.29 is 71.7 Å². The standard InChI is InChI=1S/C43H54N2O16/c1-9-10-11-12-13-14-19-55-40-37(61-43-41(59-27(5)49)39(58-26(4)48)38(57-25(3)47)34(60-43)23-56-24(2)46)30-17-16-29(22-31(30)45(6)42(40)52)44-35(50)18-15-28-20-32(53-7)36(51)33(21-28)54-8/h15-18,20-22,34,38-39,41,43,51H,9-14,19,23H2,1-8H3,(H,44,50)/b18-15+/t34-,38-,39+,41+,43-/m1/s1. The second-order valence-electron chi connectivity index (χ2n) is 14.2. The molecule has 1 aromatic heterocycles. The topological polar surface area (TPSA) is 223 Å². The van der Waals surface area contributed by atoms with Gasteiger partial charge < -0.3 is 57.6 Å². The van der Waals surface area contributed by atoms with Gasteiger partial charge in [-0.05, 0) is 48.4 Å². The van der Waals surface area contributed by atoms with Crippen LogP contribution in [0.2, 0.25) is 0 Å². The van der Waals surface area contributed by atoms with Crippen molar-refractivity contribution in [2.45, 2.75) is 104 Å². The molecular formula is C43H54N2O16. The van der Waals surface area contributed by atoms with E-state index in [1.54, 1.807) is 12.1 Å². The maximum Gasteiger partial charge on any atom is 0.303 e. The third-order valence-corrected chi connectivity index (χ3v) is 9.43.